The monoisotopic (exact) mass is 307 g/mol. The van der Waals surface area contributed by atoms with Crippen LogP contribution in [0.2, 0.25) is 0 Å². The first-order chi connectivity index (χ1) is 11.2. The first-order valence-corrected chi connectivity index (χ1v) is 7.94. The summed E-state index contributed by atoms with van der Waals surface area (Å²) in [6.07, 6.45) is 4.80. The van der Waals surface area contributed by atoms with Gasteiger partial charge in [0.05, 0.1) is 12.1 Å². The minimum Gasteiger partial charge on any atom is -0.355 e. The van der Waals surface area contributed by atoms with Crippen LogP contribution in [0.25, 0.3) is 0 Å². The molecule has 0 atom stereocenters. The summed E-state index contributed by atoms with van der Waals surface area (Å²) in [5.74, 6) is 1.17. The molecule has 4 rings (SSSR count). The molecule has 0 bridgehead atoms. The molecule has 2 aromatic heterocycles. The highest BCUT2D eigenvalue weighted by Gasteiger charge is 2.31. The van der Waals surface area contributed by atoms with Crippen LogP contribution in [0.15, 0.2) is 29.2 Å². The molecule has 3 heterocycles. The van der Waals surface area contributed by atoms with Gasteiger partial charge in [-0.15, -0.1) is 0 Å². The summed E-state index contributed by atoms with van der Waals surface area (Å²) < 4.78 is 1.50. The van der Waals surface area contributed by atoms with Crippen molar-refractivity contribution in [1.29, 1.82) is 5.26 Å². The second kappa shape index (κ2) is 5.51. The Balaban J connectivity index is 1.49. The zero-order valence-corrected chi connectivity index (χ0v) is 12.8. The molecule has 23 heavy (non-hydrogen) atoms. The predicted octanol–water partition coefficient (Wildman–Crippen LogP) is 1.14. The quantitative estimate of drug-likeness (QED) is 0.850. The number of aromatic nitrogens is 3. The molecular weight excluding hydrogens is 290 g/mol. The second-order valence-corrected chi connectivity index (χ2v) is 6.25. The van der Waals surface area contributed by atoms with E-state index in [1.165, 1.54) is 16.3 Å². The molecule has 0 aromatic carbocycles. The maximum atomic E-state index is 11.7. The smallest absolute Gasteiger partial charge is 0.266 e. The van der Waals surface area contributed by atoms with Crippen LogP contribution in [-0.2, 0) is 19.4 Å². The fourth-order valence-electron chi connectivity index (χ4n) is 3.41. The Morgan fingerprint density at radius 3 is 3.00 bits per heavy atom. The van der Waals surface area contributed by atoms with E-state index in [0.717, 1.165) is 43.9 Å². The van der Waals surface area contributed by atoms with Gasteiger partial charge in [-0.1, -0.05) is 0 Å². The van der Waals surface area contributed by atoms with Crippen LogP contribution < -0.4 is 10.5 Å². The lowest BCUT2D eigenvalue weighted by molar-refractivity contribution is 0.332. The van der Waals surface area contributed by atoms with Gasteiger partial charge < -0.3 is 4.90 Å². The van der Waals surface area contributed by atoms with E-state index in [-0.39, 0.29) is 5.56 Å². The lowest BCUT2D eigenvalue weighted by Crippen LogP contribution is -2.50. The number of rotatable bonds is 3. The molecule has 0 amide bonds. The molecule has 2 aromatic rings. The van der Waals surface area contributed by atoms with Crippen molar-refractivity contribution >= 4 is 5.82 Å². The van der Waals surface area contributed by atoms with Gasteiger partial charge in [0.1, 0.15) is 11.9 Å². The van der Waals surface area contributed by atoms with Crippen molar-refractivity contribution in [2.75, 3.05) is 18.0 Å². The van der Waals surface area contributed by atoms with E-state index in [2.05, 4.69) is 16.1 Å². The van der Waals surface area contributed by atoms with E-state index in [9.17, 15) is 10.1 Å². The number of aryl methyl sites for hydroxylation is 2. The molecule has 0 N–H and O–H groups in total. The fraction of sp³-hybridized carbons (Fsp3) is 0.412. The normalized spacial score (nSPS) is 16.7. The zero-order valence-electron chi connectivity index (χ0n) is 12.8. The Labute approximate surface area is 134 Å². The van der Waals surface area contributed by atoms with Gasteiger partial charge in [-0.25, -0.2) is 9.67 Å². The first kappa shape index (κ1) is 13.9. The van der Waals surface area contributed by atoms with Gasteiger partial charge in [0, 0.05) is 37.0 Å². The number of hydrogen-bond acceptors (Lipinski definition) is 5. The molecule has 1 saturated heterocycles. The van der Waals surface area contributed by atoms with E-state index >= 15 is 0 Å². The first-order valence-electron chi connectivity index (χ1n) is 7.94. The topological polar surface area (TPSA) is 74.8 Å². The molecule has 6 nitrogen and oxygen atoms in total. The maximum Gasteiger partial charge on any atom is 0.266 e. The molecule has 0 saturated carbocycles. The predicted molar refractivity (Wildman–Crippen MR) is 85.2 cm³/mol. The van der Waals surface area contributed by atoms with Gasteiger partial charge in [-0.3, -0.25) is 4.79 Å². The van der Waals surface area contributed by atoms with Crippen LogP contribution in [-0.4, -0.2) is 27.9 Å². The summed E-state index contributed by atoms with van der Waals surface area (Å²) in [6.45, 7) is 2.23. The average molecular weight is 307 g/mol. The molecule has 1 aliphatic heterocycles. The minimum atomic E-state index is -0.0701. The molecular formula is C17H17N5O. The standard InChI is InChI=1S/C17H17N5O/c18-8-14-7-13-3-1-4-15(13)20-17(14)21-9-12(10-21)11-22-16(23)5-2-6-19-22/h2,5-7,12H,1,3-4,9-11H2. The minimum absolute atomic E-state index is 0.0701. The summed E-state index contributed by atoms with van der Waals surface area (Å²) in [4.78, 5) is 18.6. The molecule has 1 fully saturated rings. The lowest BCUT2D eigenvalue weighted by Gasteiger charge is -2.40. The van der Waals surface area contributed by atoms with Crippen molar-refractivity contribution in [1.82, 2.24) is 14.8 Å². The van der Waals surface area contributed by atoms with Gasteiger partial charge >= 0.3 is 0 Å². The van der Waals surface area contributed by atoms with Crippen molar-refractivity contribution < 1.29 is 0 Å². The maximum absolute atomic E-state index is 11.7. The average Bonchev–Trinajstić information content (AvgIpc) is 2.98. The molecule has 6 heteroatoms. The summed E-state index contributed by atoms with van der Waals surface area (Å²) in [5, 5.41) is 13.5. The van der Waals surface area contributed by atoms with E-state index in [1.54, 1.807) is 12.3 Å². The Morgan fingerprint density at radius 1 is 1.35 bits per heavy atom. The summed E-state index contributed by atoms with van der Waals surface area (Å²) in [7, 11) is 0. The van der Waals surface area contributed by atoms with Crippen LogP contribution in [0.3, 0.4) is 0 Å². The number of anilines is 1. The highest BCUT2D eigenvalue weighted by molar-refractivity contribution is 5.58. The Morgan fingerprint density at radius 2 is 2.22 bits per heavy atom. The van der Waals surface area contributed by atoms with E-state index in [0.29, 0.717) is 18.0 Å². The van der Waals surface area contributed by atoms with Crippen LogP contribution in [0, 0.1) is 17.2 Å². The third-order valence-corrected chi connectivity index (χ3v) is 4.62. The van der Waals surface area contributed by atoms with Crippen molar-refractivity contribution in [3.05, 3.63) is 51.6 Å². The van der Waals surface area contributed by atoms with Crippen molar-refractivity contribution in [2.24, 2.45) is 5.92 Å². The number of hydrogen-bond donors (Lipinski definition) is 0. The van der Waals surface area contributed by atoms with Crippen LogP contribution in [0.5, 0.6) is 0 Å². The van der Waals surface area contributed by atoms with Crippen molar-refractivity contribution in [2.45, 2.75) is 25.8 Å². The third-order valence-electron chi connectivity index (χ3n) is 4.62. The van der Waals surface area contributed by atoms with Gasteiger partial charge in [0.25, 0.3) is 5.56 Å². The molecule has 0 radical (unpaired) electrons. The molecule has 116 valence electrons. The fourth-order valence-corrected chi connectivity index (χ4v) is 3.41. The number of nitriles is 1. The molecule has 0 spiro atoms. The Hall–Kier alpha value is -2.68. The third kappa shape index (κ3) is 2.48. The van der Waals surface area contributed by atoms with Gasteiger partial charge in [-0.05, 0) is 37.0 Å². The van der Waals surface area contributed by atoms with Gasteiger partial charge in [0.2, 0.25) is 0 Å². The number of nitrogens with zero attached hydrogens (tertiary/aromatic N) is 5. The molecule has 2 aliphatic rings. The van der Waals surface area contributed by atoms with Crippen molar-refractivity contribution in [3.63, 3.8) is 0 Å². The van der Waals surface area contributed by atoms with E-state index < -0.39 is 0 Å². The van der Waals surface area contributed by atoms with Gasteiger partial charge in [-0.2, -0.15) is 10.4 Å². The SMILES string of the molecule is N#Cc1cc2c(nc1N1CC(Cn3ncccc3=O)C1)CCC2. The van der Waals surface area contributed by atoms with Crippen LogP contribution in [0.1, 0.15) is 23.2 Å². The Bertz CT molecular complexity index is 845. The van der Waals surface area contributed by atoms with E-state index in [1.807, 2.05) is 6.07 Å². The lowest BCUT2D eigenvalue weighted by atomic mass is 9.99. The van der Waals surface area contributed by atoms with Crippen LogP contribution in [0.4, 0.5) is 5.82 Å². The largest absolute Gasteiger partial charge is 0.355 e. The summed E-state index contributed by atoms with van der Waals surface area (Å²) >= 11 is 0. The zero-order chi connectivity index (χ0) is 15.8. The number of fused-ring (bicyclic) bond motifs is 1. The second-order valence-electron chi connectivity index (χ2n) is 6.25. The van der Waals surface area contributed by atoms with Crippen LogP contribution >= 0.6 is 0 Å². The molecule has 0 unspecified atom stereocenters. The number of pyridine rings is 1. The Kier molecular flexibility index (Phi) is 3.34. The highest BCUT2D eigenvalue weighted by Crippen LogP contribution is 2.31. The van der Waals surface area contributed by atoms with Gasteiger partial charge in [0.15, 0.2) is 0 Å². The van der Waals surface area contributed by atoms with E-state index in [4.69, 9.17) is 4.98 Å². The summed E-state index contributed by atoms with van der Waals surface area (Å²) in [5.41, 5.74) is 2.96. The summed E-state index contributed by atoms with van der Waals surface area (Å²) in [6, 6.07) is 7.46. The molecule has 1 aliphatic carbocycles. The highest BCUT2D eigenvalue weighted by atomic mass is 16.1. The van der Waals surface area contributed by atoms with Crippen molar-refractivity contribution in [3.8, 4) is 6.07 Å².